The Kier molecular flexibility index (Phi) is 8.31. The van der Waals surface area contributed by atoms with E-state index in [1.165, 1.54) is 12.0 Å². The molecule has 0 N–H and O–H groups in total. The van der Waals surface area contributed by atoms with E-state index in [4.69, 9.17) is 4.74 Å². The molecule has 1 heterocycles. The zero-order chi connectivity index (χ0) is 17.2. The van der Waals surface area contributed by atoms with Crippen LogP contribution in [-0.2, 0) is 16.1 Å². The number of carbonyl (C=O) groups excluding carboxylic acids is 1. The smallest absolute Gasteiger partial charge is 0.225 e. The van der Waals surface area contributed by atoms with Gasteiger partial charge in [-0.3, -0.25) is 4.79 Å². The van der Waals surface area contributed by atoms with Crippen LogP contribution in [0.2, 0.25) is 0 Å². The summed E-state index contributed by atoms with van der Waals surface area (Å²) in [6.07, 6.45) is 6.51. The van der Waals surface area contributed by atoms with E-state index >= 15 is 0 Å². The number of hydrogen-bond donors (Lipinski definition) is 0. The number of hydrogen-bond acceptors (Lipinski definition) is 2. The second kappa shape index (κ2) is 10.5. The minimum absolute atomic E-state index is 0.226. The summed E-state index contributed by atoms with van der Waals surface area (Å²) in [6, 6.07) is 10.3. The number of carbonyl (C=O) groups is 1. The largest absolute Gasteiger partial charge is 0.376 e. The lowest BCUT2D eigenvalue weighted by Crippen LogP contribution is -2.44. The van der Waals surface area contributed by atoms with Crippen LogP contribution in [0.25, 0.3) is 0 Å². The molecule has 0 radical (unpaired) electrons. The fourth-order valence-corrected chi connectivity index (χ4v) is 3.67. The quantitative estimate of drug-likeness (QED) is 0.659. The number of rotatable bonds is 9. The van der Waals surface area contributed by atoms with E-state index in [9.17, 15) is 4.79 Å². The number of ether oxygens (including phenoxy) is 1. The van der Waals surface area contributed by atoms with Crippen molar-refractivity contribution >= 4 is 5.91 Å². The summed E-state index contributed by atoms with van der Waals surface area (Å²) in [5.74, 6) is 1.09. The van der Waals surface area contributed by atoms with Gasteiger partial charge >= 0.3 is 0 Å². The summed E-state index contributed by atoms with van der Waals surface area (Å²) >= 11 is 0. The summed E-state index contributed by atoms with van der Waals surface area (Å²) in [6.45, 7) is 7.57. The third-order valence-corrected chi connectivity index (χ3v) is 4.92. The van der Waals surface area contributed by atoms with Crippen molar-refractivity contribution < 1.29 is 9.53 Å². The maximum absolute atomic E-state index is 12.8. The molecule has 3 nitrogen and oxygen atoms in total. The number of likely N-dealkylation sites (tertiary alicyclic amines) is 1. The highest BCUT2D eigenvalue weighted by Gasteiger charge is 2.28. The summed E-state index contributed by atoms with van der Waals surface area (Å²) in [5, 5.41) is 0. The molecule has 0 aromatic heterocycles. The predicted molar refractivity (Wildman–Crippen MR) is 98.7 cm³/mol. The SMILES string of the molecule is CCCC(CCC)C(=O)N1CCCC(COCc2ccccc2)C1. The first-order chi connectivity index (χ1) is 11.7. The predicted octanol–water partition coefficient (Wildman–Crippen LogP) is 4.66. The van der Waals surface area contributed by atoms with Crippen molar-refractivity contribution in [1.29, 1.82) is 0 Å². The van der Waals surface area contributed by atoms with Gasteiger partial charge in [0.05, 0.1) is 13.2 Å². The Balaban J connectivity index is 1.79. The topological polar surface area (TPSA) is 29.5 Å². The number of piperidine rings is 1. The van der Waals surface area contributed by atoms with Gasteiger partial charge in [-0.05, 0) is 37.2 Å². The van der Waals surface area contributed by atoms with Crippen LogP contribution in [0.1, 0.15) is 57.9 Å². The first kappa shape index (κ1) is 19.0. The zero-order valence-corrected chi connectivity index (χ0v) is 15.4. The monoisotopic (exact) mass is 331 g/mol. The molecule has 1 fully saturated rings. The molecular weight excluding hydrogens is 298 g/mol. The fourth-order valence-electron chi connectivity index (χ4n) is 3.67. The average Bonchev–Trinajstić information content (AvgIpc) is 2.62. The molecular formula is C21H33NO2. The zero-order valence-electron chi connectivity index (χ0n) is 15.4. The van der Waals surface area contributed by atoms with Gasteiger partial charge < -0.3 is 9.64 Å². The Morgan fingerprint density at radius 1 is 1.21 bits per heavy atom. The second-order valence-electron chi connectivity index (χ2n) is 7.07. The molecule has 2 rings (SSSR count). The minimum atomic E-state index is 0.226. The Morgan fingerprint density at radius 2 is 1.92 bits per heavy atom. The number of nitrogens with zero attached hydrogens (tertiary/aromatic N) is 1. The van der Waals surface area contributed by atoms with Crippen molar-refractivity contribution in [2.45, 2.75) is 59.0 Å². The van der Waals surface area contributed by atoms with E-state index in [0.717, 1.165) is 51.8 Å². The van der Waals surface area contributed by atoms with Crippen LogP contribution < -0.4 is 0 Å². The maximum Gasteiger partial charge on any atom is 0.225 e. The first-order valence-electron chi connectivity index (χ1n) is 9.65. The third-order valence-electron chi connectivity index (χ3n) is 4.92. The first-order valence-corrected chi connectivity index (χ1v) is 9.65. The summed E-state index contributed by atoms with van der Waals surface area (Å²) in [5.41, 5.74) is 1.21. The van der Waals surface area contributed by atoms with Gasteiger partial charge in [0.25, 0.3) is 0 Å². The van der Waals surface area contributed by atoms with Crippen LogP contribution in [0.4, 0.5) is 0 Å². The van der Waals surface area contributed by atoms with Gasteiger partial charge in [-0.25, -0.2) is 0 Å². The lowest BCUT2D eigenvalue weighted by atomic mass is 9.93. The van der Waals surface area contributed by atoms with Crippen LogP contribution >= 0.6 is 0 Å². The molecule has 1 unspecified atom stereocenters. The van der Waals surface area contributed by atoms with Crippen LogP contribution in [0.5, 0.6) is 0 Å². The van der Waals surface area contributed by atoms with Crippen molar-refractivity contribution in [1.82, 2.24) is 4.90 Å². The highest BCUT2D eigenvalue weighted by Crippen LogP contribution is 2.23. The van der Waals surface area contributed by atoms with E-state index in [1.54, 1.807) is 0 Å². The minimum Gasteiger partial charge on any atom is -0.376 e. The highest BCUT2D eigenvalue weighted by atomic mass is 16.5. The summed E-state index contributed by atoms with van der Waals surface area (Å²) in [7, 11) is 0. The van der Waals surface area contributed by atoms with Crippen molar-refractivity contribution in [3.05, 3.63) is 35.9 Å². The molecule has 3 heteroatoms. The van der Waals surface area contributed by atoms with Crippen molar-refractivity contribution in [3.63, 3.8) is 0 Å². The highest BCUT2D eigenvalue weighted by molar-refractivity contribution is 5.78. The normalized spacial score (nSPS) is 18.1. The third kappa shape index (κ3) is 5.94. The molecule has 1 aromatic carbocycles. The molecule has 1 aromatic rings. The van der Waals surface area contributed by atoms with Crippen LogP contribution in [0.3, 0.4) is 0 Å². The van der Waals surface area contributed by atoms with E-state index in [1.807, 2.05) is 18.2 Å². The van der Waals surface area contributed by atoms with E-state index in [2.05, 4.69) is 30.9 Å². The van der Waals surface area contributed by atoms with E-state index in [-0.39, 0.29) is 5.92 Å². The van der Waals surface area contributed by atoms with Gasteiger partial charge in [0, 0.05) is 19.0 Å². The number of amides is 1. The molecule has 134 valence electrons. The second-order valence-corrected chi connectivity index (χ2v) is 7.07. The van der Waals surface area contributed by atoms with Gasteiger partial charge in [0.1, 0.15) is 0 Å². The van der Waals surface area contributed by atoms with Crippen molar-refractivity contribution in [3.8, 4) is 0 Å². The fraction of sp³-hybridized carbons (Fsp3) is 0.667. The molecule has 24 heavy (non-hydrogen) atoms. The lowest BCUT2D eigenvalue weighted by Gasteiger charge is -2.35. The van der Waals surface area contributed by atoms with Crippen LogP contribution in [0, 0.1) is 11.8 Å². The Morgan fingerprint density at radius 3 is 2.58 bits per heavy atom. The molecule has 1 atom stereocenters. The van der Waals surface area contributed by atoms with E-state index < -0.39 is 0 Å². The molecule has 1 aliphatic heterocycles. The van der Waals surface area contributed by atoms with Gasteiger partial charge in [-0.1, -0.05) is 57.0 Å². The van der Waals surface area contributed by atoms with Gasteiger partial charge in [0.15, 0.2) is 0 Å². The Hall–Kier alpha value is -1.35. The van der Waals surface area contributed by atoms with Gasteiger partial charge in [-0.15, -0.1) is 0 Å². The maximum atomic E-state index is 12.8. The average molecular weight is 332 g/mol. The number of benzene rings is 1. The summed E-state index contributed by atoms with van der Waals surface area (Å²) < 4.78 is 5.90. The molecule has 1 amide bonds. The lowest BCUT2D eigenvalue weighted by molar-refractivity contribution is -0.138. The molecule has 1 saturated heterocycles. The molecule has 0 spiro atoms. The van der Waals surface area contributed by atoms with Gasteiger partial charge in [-0.2, -0.15) is 0 Å². The van der Waals surface area contributed by atoms with E-state index in [0.29, 0.717) is 18.4 Å². The van der Waals surface area contributed by atoms with Gasteiger partial charge in [0.2, 0.25) is 5.91 Å². The molecule has 0 aliphatic carbocycles. The molecule has 0 saturated carbocycles. The Bertz CT molecular complexity index is 468. The molecule has 1 aliphatic rings. The van der Waals surface area contributed by atoms with Crippen molar-refractivity contribution in [2.75, 3.05) is 19.7 Å². The molecule has 0 bridgehead atoms. The van der Waals surface area contributed by atoms with Crippen LogP contribution in [0.15, 0.2) is 30.3 Å². The summed E-state index contributed by atoms with van der Waals surface area (Å²) in [4.78, 5) is 14.9. The standard InChI is InChI=1S/C21H33NO2/c1-3-9-20(10-4-2)21(23)22-14-8-13-19(15-22)17-24-16-18-11-6-5-7-12-18/h5-7,11-12,19-20H,3-4,8-10,13-17H2,1-2H3. The Labute approximate surface area is 147 Å². The van der Waals surface area contributed by atoms with Crippen LogP contribution in [-0.4, -0.2) is 30.5 Å². The van der Waals surface area contributed by atoms with Crippen molar-refractivity contribution in [2.24, 2.45) is 11.8 Å².